The molecular weight excluding hydrogens is 341 g/mol. The first kappa shape index (κ1) is 11.2. The van der Waals surface area contributed by atoms with Crippen molar-refractivity contribution in [3.63, 3.8) is 0 Å². The molecule has 0 rings (SSSR count). The molecule has 0 aliphatic heterocycles. The van der Waals surface area contributed by atoms with Gasteiger partial charge in [-0.05, 0) is 0 Å². The van der Waals surface area contributed by atoms with Crippen LogP contribution in [0.3, 0.4) is 0 Å². The Hall–Kier alpha value is 2.37. The Kier molecular flexibility index (Phi) is 13.8. The van der Waals surface area contributed by atoms with Crippen LogP contribution in [0.4, 0.5) is 0 Å². The molecule has 3 heteroatoms. The molecule has 0 bridgehead atoms. The number of carbonyl (C=O) groups is 1. The van der Waals surface area contributed by atoms with Crippen molar-refractivity contribution in [3.8, 4) is 0 Å². The molecule has 0 fully saturated rings. The second-order valence-electron chi connectivity index (χ2n) is 0.777. The average Bonchev–Trinajstić information content (AvgIpc) is 1.38. The first-order valence-electron chi connectivity index (χ1n) is 1.51. The van der Waals surface area contributed by atoms with Crippen molar-refractivity contribution in [2.24, 2.45) is 0 Å². The molecule has 0 N–H and O–H groups in total. The van der Waals surface area contributed by atoms with E-state index in [2.05, 4.69) is 0 Å². The van der Waals surface area contributed by atoms with Crippen molar-refractivity contribution in [1.82, 2.24) is 0 Å². The summed E-state index contributed by atoms with van der Waals surface area (Å²) in [5, 5.41) is 0. The molecule has 0 heterocycles. The molecule has 0 atom stereocenters. The smallest absolute Gasteiger partial charge is 0 e. The van der Waals surface area contributed by atoms with Crippen LogP contribution in [0.15, 0.2) is 0 Å². The normalized spacial score (nSPS) is 6.00. The van der Waals surface area contributed by atoms with Crippen LogP contribution in [0.25, 0.3) is 0 Å². The first-order chi connectivity index (χ1) is 2.27. The Bertz CT molecular complexity index is 44.1. The van der Waals surface area contributed by atoms with E-state index in [1.165, 1.54) is 0 Å². The Labute approximate surface area is 96.8 Å². The van der Waals surface area contributed by atoms with Crippen molar-refractivity contribution in [3.05, 3.63) is 0 Å². The molecule has 0 unspecified atom stereocenters. The maximum absolute atomic E-state index is 9.87. The van der Waals surface area contributed by atoms with Crippen LogP contribution < -0.4 is 0 Å². The summed E-state index contributed by atoms with van der Waals surface area (Å²) in [6.45, 7) is 1.88. The number of hydrogen-bond acceptors (Lipinski definition) is 1. The van der Waals surface area contributed by atoms with Crippen LogP contribution >= 0.6 is 0 Å². The Morgan fingerprint density at radius 3 is 2.00 bits per heavy atom. The first-order valence-corrected chi connectivity index (χ1v) is 3.12. The zero-order chi connectivity index (χ0) is 4.28. The summed E-state index contributed by atoms with van der Waals surface area (Å²) in [6, 6.07) is 0. The van der Waals surface area contributed by atoms with E-state index in [4.69, 9.17) is 0 Å². The third-order valence-electron chi connectivity index (χ3n) is 0.321. The van der Waals surface area contributed by atoms with E-state index < -0.39 is 0 Å². The molecule has 1 nitrogen and oxygen atoms in total. The topological polar surface area (TPSA) is 17.1 Å². The van der Waals surface area contributed by atoms with Gasteiger partial charge in [0.2, 0.25) is 0 Å². The van der Waals surface area contributed by atoms with Gasteiger partial charge < -0.3 is 0 Å². The molecule has 0 aromatic heterocycles. The van der Waals surface area contributed by atoms with Crippen LogP contribution in [0.5, 0.6) is 0 Å². The van der Waals surface area contributed by atoms with Gasteiger partial charge in [0.15, 0.2) is 0 Å². The van der Waals surface area contributed by atoms with Crippen molar-refractivity contribution in [2.75, 3.05) is 0 Å². The molecule has 0 amide bonds. The zero-order valence-corrected chi connectivity index (χ0v) is 10.0. The average molecular weight is 346 g/mol. The molecule has 0 saturated carbocycles. The largest absolute Gasteiger partial charge is 0 e. The van der Waals surface area contributed by atoms with Gasteiger partial charge in [0.05, 0.1) is 0 Å². The Morgan fingerprint density at radius 1 is 1.83 bits per heavy atom. The molecule has 0 aliphatic rings. The molecule has 6 heavy (non-hydrogen) atoms. The summed E-state index contributed by atoms with van der Waals surface area (Å²) in [5.41, 5.74) is 0. The van der Waals surface area contributed by atoms with Gasteiger partial charge >= 0.3 is 58.3 Å². The van der Waals surface area contributed by atoms with Gasteiger partial charge in [-0.15, -0.1) is 0 Å². The van der Waals surface area contributed by atoms with Gasteiger partial charge in [0.25, 0.3) is 0 Å². The second-order valence-corrected chi connectivity index (χ2v) is 2.57. The van der Waals surface area contributed by atoms with Crippen LogP contribution in [0.1, 0.15) is 13.3 Å². The Morgan fingerprint density at radius 2 is 2.00 bits per heavy atom. The minimum Gasteiger partial charge on any atom is 0 e. The zero-order valence-electron chi connectivity index (χ0n) is 3.62. The molecule has 0 spiro atoms. The number of carbonyl (C=O) groups excluding carboxylic acids is 1. The third kappa shape index (κ3) is 9.62. The van der Waals surface area contributed by atoms with E-state index in [0.29, 0.717) is 1.43 Å². The fourth-order valence-corrected chi connectivity index (χ4v) is 0. The standard InChI is InChI=1S/C3H5O.2Nd/c1-2-3-4;;/h2H2,1H3;;. The number of hydrogen-bond donors (Lipinski definition) is 0. The van der Waals surface area contributed by atoms with Crippen LogP contribution in [0.2, 0.25) is 0 Å². The predicted octanol–water partition coefficient (Wildman–Crippen LogP) is 0.472. The van der Waals surface area contributed by atoms with Crippen molar-refractivity contribution in [1.29, 1.82) is 0 Å². The van der Waals surface area contributed by atoms with Gasteiger partial charge in [0.1, 0.15) is 0 Å². The van der Waals surface area contributed by atoms with Crippen LogP contribution in [-0.2, 0) is 4.79 Å². The van der Waals surface area contributed by atoms with Gasteiger partial charge in [-0.25, -0.2) is 0 Å². The summed E-state index contributed by atoms with van der Waals surface area (Å²) in [4.78, 5) is 9.87. The van der Waals surface area contributed by atoms with Gasteiger partial charge in [-0.2, -0.15) is 0 Å². The fraction of sp³-hybridized carbons (Fsp3) is 0.667. The van der Waals surface area contributed by atoms with E-state index in [1.807, 2.05) is 6.92 Å². The summed E-state index contributed by atoms with van der Waals surface area (Å²) >= 11 is 0.731. The molecular formula is C3H5Nd2O. The molecule has 0 saturated heterocycles. The van der Waals surface area contributed by atoms with Crippen LogP contribution in [0, 0.1) is 79.6 Å². The van der Waals surface area contributed by atoms with Crippen molar-refractivity contribution in [2.45, 2.75) is 13.3 Å². The summed E-state index contributed by atoms with van der Waals surface area (Å²) in [7, 11) is 0. The van der Waals surface area contributed by atoms with E-state index in [-0.39, 0.29) is 40.8 Å². The van der Waals surface area contributed by atoms with E-state index >= 15 is 0 Å². The second kappa shape index (κ2) is 7.37. The molecule has 31 valence electrons. The maximum atomic E-state index is 9.87. The fourth-order valence-electron chi connectivity index (χ4n) is 0. The minimum atomic E-state index is 0. The minimum absolute atomic E-state index is 0. The molecule has 0 aromatic carbocycles. The molecule has 0 aliphatic carbocycles. The predicted molar refractivity (Wildman–Crippen MR) is 15.3 cm³/mol. The van der Waals surface area contributed by atoms with E-state index in [9.17, 15) is 4.79 Å². The molecule has 0 aromatic rings. The van der Waals surface area contributed by atoms with Gasteiger partial charge in [0, 0.05) is 40.8 Å². The van der Waals surface area contributed by atoms with Gasteiger partial charge in [-0.3, -0.25) is 0 Å². The molecule has 0 radical (unpaired) electrons. The van der Waals surface area contributed by atoms with Crippen molar-refractivity contribution >= 4 is 1.43 Å². The summed E-state index contributed by atoms with van der Waals surface area (Å²) < 4.78 is 0.394. The Balaban J connectivity index is 0. The van der Waals surface area contributed by atoms with E-state index in [1.54, 1.807) is 0 Å². The third-order valence-corrected chi connectivity index (χ3v) is 1.46. The SMILES string of the molecule is CC[C](=O)[Nd].[Nd]. The van der Waals surface area contributed by atoms with Crippen LogP contribution in [-0.4, -0.2) is 1.43 Å². The van der Waals surface area contributed by atoms with Gasteiger partial charge in [-0.1, -0.05) is 0 Å². The summed E-state index contributed by atoms with van der Waals surface area (Å²) in [5.74, 6) is 0. The number of rotatable bonds is 1. The van der Waals surface area contributed by atoms with Crippen molar-refractivity contribution < 1.29 is 84.4 Å². The van der Waals surface area contributed by atoms with E-state index in [0.717, 1.165) is 45.2 Å². The summed E-state index contributed by atoms with van der Waals surface area (Å²) in [6.07, 6.45) is 0.728. The monoisotopic (exact) mass is 341 g/mol. The maximum Gasteiger partial charge on any atom is 0 e. The quantitative estimate of drug-likeness (QED) is 0.675.